The van der Waals surface area contributed by atoms with E-state index in [0.717, 1.165) is 16.8 Å². The number of carbonyl (C=O) groups excluding carboxylic acids is 2. The number of hydrogen-bond donors (Lipinski definition) is 2. The van der Waals surface area contributed by atoms with Crippen LogP contribution in [0.2, 0.25) is 0 Å². The van der Waals surface area contributed by atoms with E-state index in [9.17, 15) is 9.59 Å². The molecule has 1 saturated heterocycles. The van der Waals surface area contributed by atoms with E-state index in [0.29, 0.717) is 25.1 Å². The molecule has 1 unspecified atom stereocenters. The van der Waals surface area contributed by atoms with Crippen molar-refractivity contribution >= 4 is 11.8 Å². The van der Waals surface area contributed by atoms with Gasteiger partial charge in [0.15, 0.2) is 0 Å². The molecule has 0 spiro atoms. The van der Waals surface area contributed by atoms with Crippen molar-refractivity contribution in [2.75, 3.05) is 13.1 Å². The Morgan fingerprint density at radius 1 is 1.07 bits per heavy atom. The summed E-state index contributed by atoms with van der Waals surface area (Å²) in [5, 5.41) is 9.72. The van der Waals surface area contributed by atoms with Gasteiger partial charge in [0.1, 0.15) is 6.04 Å². The van der Waals surface area contributed by atoms with Gasteiger partial charge >= 0.3 is 0 Å². The molecule has 4 rings (SSSR count). The lowest BCUT2D eigenvalue weighted by Gasteiger charge is -2.35. The van der Waals surface area contributed by atoms with Crippen LogP contribution in [0.25, 0.3) is 11.3 Å². The van der Waals surface area contributed by atoms with E-state index in [1.54, 1.807) is 23.2 Å². The molecule has 6 nitrogen and oxygen atoms in total. The highest BCUT2D eigenvalue weighted by molar-refractivity contribution is 5.98. The van der Waals surface area contributed by atoms with E-state index in [1.165, 1.54) is 0 Å². The van der Waals surface area contributed by atoms with Crippen molar-refractivity contribution in [3.05, 3.63) is 78.0 Å². The lowest BCUT2D eigenvalue weighted by atomic mass is 10.0. The molecular formula is C21H20N4O2. The van der Waals surface area contributed by atoms with Crippen LogP contribution in [0.5, 0.6) is 0 Å². The minimum Gasteiger partial charge on any atom is -0.353 e. The summed E-state index contributed by atoms with van der Waals surface area (Å²) in [5.74, 6) is -0.227. The number of rotatable bonds is 4. The third-order valence-electron chi connectivity index (χ3n) is 4.81. The number of carbonyl (C=O) groups is 2. The SMILES string of the molecule is O=C1NCCN(C(=O)c2ccc(-c3ccn[nH]3)cc2)C1Cc1ccccc1. The number of aromatic nitrogens is 2. The monoisotopic (exact) mass is 360 g/mol. The van der Waals surface area contributed by atoms with Crippen LogP contribution in [-0.4, -0.2) is 46.0 Å². The largest absolute Gasteiger partial charge is 0.353 e. The van der Waals surface area contributed by atoms with Crippen molar-refractivity contribution in [2.24, 2.45) is 0 Å². The topological polar surface area (TPSA) is 78.1 Å². The number of nitrogens with zero attached hydrogens (tertiary/aromatic N) is 2. The average molecular weight is 360 g/mol. The molecule has 1 aliphatic rings. The number of piperazine rings is 1. The lowest BCUT2D eigenvalue weighted by Crippen LogP contribution is -2.58. The van der Waals surface area contributed by atoms with Gasteiger partial charge in [0, 0.05) is 31.3 Å². The number of nitrogens with one attached hydrogen (secondary N) is 2. The Morgan fingerprint density at radius 3 is 2.56 bits per heavy atom. The molecule has 0 radical (unpaired) electrons. The molecule has 2 heterocycles. The first-order chi connectivity index (χ1) is 13.2. The van der Waals surface area contributed by atoms with E-state index in [1.807, 2.05) is 48.5 Å². The number of H-pyrrole nitrogens is 1. The molecule has 27 heavy (non-hydrogen) atoms. The molecule has 2 aromatic carbocycles. The molecule has 1 fully saturated rings. The van der Waals surface area contributed by atoms with Crippen LogP contribution in [0.4, 0.5) is 0 Å². The maximum absolute atomic E-state index is 13.1. The summed E-state index contributed by atoms with van der Waals surface area (Å²) in [6.07, 6.45) is 2.19. The molecule has 1 atom stereocenters. The molecular weight excluding hydrogens is 340 g/mol. The molecule has 3 aromatic rings. The molecule has 0 aliphatic carbocycles. The summed E-state index contributed by atoms with van der Waals surface area (Å²) in [6, 6.07) is 18.5. The van der Waals surface area contributed by atoms with Gasteiger partial charge in [-0.2, -0.15) is 5.10 Å². The van der Waals surface area contributed by atoms with Crippen LogP contribution in [-0.2, 0) is 11.2 Å². The molecule has 1 aliphatic heterocycles. The van der Waals surface area contributed by atoms with Crippen LogP contribution in [0.3, 0.4) is 0 Å². The fraction of sp³-hybridized carbons (Fsp3) is 0.190. The maximum Gasteiger partial charge on any atom is 0.254 e. The van der Waals surface area contributed by atoms with Gasteiger partial charge in [-0.3, -0.25) is 14.7 Å². The summed E-state index contributed by atoms with van der Waals surface area (Å²) in [4.78, 5) is 27.2. The van der Waals surface area contributed by atoms with Crippen LogP contribution in [0, 0.1) is 0 Å². The highest BCUT2D eigenvalue weighted by atomic mass is 16.2. The third kappa shape index (κ3) is 3.60. The zero-order valence-corrected chi connectivity index (χ0v) is 14.8. The summed E-state index contributed by atoms with van der Waals surface area (Å²) < 4.78 is 0. The Balaban J connectivity index is 1.55. The predicted molar refractivity (Wildman–Crippen MR) is 102 cm³/mol. The Kier molecular flexibility index (Phi) is 4.70. The number of amides is 2. The Labute approximate surface area is 157 Å². The summed E-state index contributed by atoms with van der Waals surface area (Å²) in [5.41, 5.74) is 3.47. The highest BCUT2D eigenvalue weighted by Crippen LogP contribution is 2.20. The maximum atomic E-state index is 13.1. The van der Waals surface area contributed by atoms with E-state index >= 15 is 0 Å². The van der Waals surface area contributed by atoms with Gasteiger partial charge in [0.05, 0.1) is 5.69 Å². The Hall–Kier alpha value is -3.41. The van der Waals surface area contributed by atoms with Gasteiger partial charge in [-0.05, 0) is 29.3 Å². The van der Waals surface area contributed by atoms with E-state index in [-0.39, 0.29) is 11.8 Å². The molecule has 1 aromatic heterocycles. The molecule has 2 amide bonds. The second-order valence-electron chi connectivity index (χ2n) is 6.54. The van der Waals surface area contributed by atoms with Gasteiger partial charge in [0.25, 0.3) is 5.91 Å². The minimum atomic E-state index is -0.499. The Morgan fingerprint density at radius 2 is 1.85 bits per heavy atom. The highest BCUT2D eigenvalue weighted by Gasteiger charge is 2.33. The lowest BCUT2D eigenvalue weighted by molar-refractivity contribution is -0.127. The van der Waals surface area contributed by atoms with Crippen LogP contribution in [0.15, 0.2) is 66.9 Å². The minimum absolute atomic E-state index is 0.104. The molecule has 2 N–H and O–H groups in total. The summed E-state index contributed by atoms with van der Waals surface area (Å²) >= 11 is 0. The van der Waals surface area contributed by atoms with Crippen molar-refractivity contribution in [3.8, 4) is 11.3 Å². The standard InChI is InChI=1S/C21H20N4O2/c26-20-19(14-15-4-2-1-3-5-15)25(13-12-22-20)21(27)17-8-6-16(7-9-17)18-10-11-23-24-18/h1-11,19H,12-14H2,(H,22,26)(H,23,24). The molecule has 136 valence electrons. The molecule has 6 heteroatoms. The first kappa shape index (κ1) is 17.0. The first-order valence-corrected chi connectivity index (χ1v) is 8.95. The fourth-order valence-electron chi connectivity index (χ4n) is 3.37. The zero-order chi connectivity index (χ0) is 18.6. The second-order valence-corrected chi connectivity index (χ2v) is 6.54. The van der Waals surface area contributed by atoms with Gasteiger partial charge in [-0.1, -0.05) is 42.5 Å². The Bertz CT molecular complexity index is 921. The van der Waals surface area contributed by atoms with Crippen molar-refractivity contribution < 1.29 is 9.59 Å². The summed E-state index contributed by atoms with van der Waals surface area (Å²) in [6.45, 7) is 0.979. The van der Waals surface area contributed by atoms with Crippen molar-refractivity contribution in [3.63, 3.8) is 0 Å². The van der Waals surface area contributed by atoms with E-state index in [4.69, 9.17) is 0 Å². The van der Waals surface area contributed by atoms with E-state index < -0.39 is 6.04 Å². The zero-order valence-electron chi connectivity index (χ0n) is 14.8. The first-order valence-electron chi connectivity index (χ1n) is 8.95. The van der Waals surface area contributed by atoms with Gasteiger partial charge < -0.3 is 10.2 Å². The van der Waals surface area contributed by atoms with Crippen LogP contribution in [0.1, 0.15) is 15.9 Å². The van der Waals surface area contributed by atoms with Crippen molar-refractivity contribution in [1.82, 2.24) is 20.4 Å². The smallest absolute Gasteiger partial charge is 0.254 e. The fourth-order valence-corrected chi connectivity index (χ4v) is 3.37. The average Bonchev–Trinajstić information content (AvgIpc) is 3.25. The number of hydrogen-bond acceptors (Lipinski definition) is 3. The third-order valence-corrected chi connectivity index (χ3v) is 4.81. The summed E-state index contributed by atoms with van der Waals surface area (Å²) in [7, 11) is 0. The van der Waals surface area contributed by atoms with Gasteiger partial charge in [0.2, 0.25) is 5.91 Å². The second kappa shape index (κ2) is 7.45. The molecule has 0 bridgehead atoms. The van der Waals surface area contributed by atoms with Gasteiger partial charge in [-0.15, -0.1) is 0 Å². The quantitative estimate of drug-likeness (QED) is 0.749. The van der Waals surface area contributed by atoms with E-state index in [2.05, 4.69) is 15.5 Å². The molecule has 0 saturated carbocycles. The van der Waals surface area contributed by atoms with Gasteiger partial charge in [-0.25, -0.2) is 0 Å². The van der Waals surface area contributed by atoms with Crippen molar-refractivity contribution in [2.45, 2.75) is 12.5 Å². The van der Waals surface area contributed by atoms with Crippen LogP contribution < -0.4 is 5.32 Å². The number of benzene rings is 2. The normalized spacial score (nSPS) is 16.8. The van der Waals surface area contributed by atoms with Crippen molar-refractivity contribution in [1.29, 1.82) is 0 Å². The number of aromatic amines is 1. The predicted octanol–water partition coefficient (Wildman–Crippen LogP) is 2.26. The van der Waals surface area contributed by atoms with Crippen LogP contribution >= 0.6 is 0 Å².